The molecule has 0 spiro atoms. The predicted molar refractivity (Wildman–Crippen MR) is 123 cm³/mol. The highest BCUT2D eigenvalue weighted by molar-refractivity contribution is 6.01. The van der Waals surface area contributed by atoms with Crippen molar-refractivity contribution in [2.45, 2.75) is 13.0 Å². The van der Waals surface area contributed by atoms with E-state index in [-0.39, 0.29) is 18.4 Å². The first-order chi connectivity index (χ1) is 16.2. The minimum absolute atomic E-state index is 0.160. The summed E-state index contributed by atoms with van der Waals surface area (Å²) in [6.07, 6.45) is 1.74. The number of nitrogens with zero attached hydrogens (tertiary/aromatic N) is 5. The van der Waals surface area contributed by atoms with E-state index in [4.69, 9.17) is 5.73 Å². The highest BCUT2D eigenvalue weighted by Gasteiger charge is 2.37. The molecule has 0 saturated carbocycles. The van der Waals surface area contributed by atoms with Gasteiger partial charge in [-0.05, 0) is 42.8 Å². The number of aromatic nitrogens is 3. The average molecular weight is 466 g/mol. The molecule has 0 bridgehead atoms. The van der Waals surface area contributed by atoms with Gasteiger partial charge in [0.1, 0.15) is 23.1 Å². The van der Waals surface area contributed by atoms with E-state index in [9.17, 15) is 13.6 Å². The largest absolute Gasteiger partial charge is 0.383 e. The summed E-state index contributed by atoms with van der Waals surface area (Å²) in [6, 6.07) is 7.16. The monoisotopic (exact) mass is 466 g/mol. The van der Waals surface area contributed by atoms with Gasteiger partial charge in [0.15, 0.2) is 11.6 Å². The number of benzene rings is 2. The van der Waals surface area contributed by atoms with E-state index in [1.54, 1.807) is 43.9 Å². The van der Waals surface area contributed by atoms with Crippen molar-refractivity contribution < 1.29 is 18.0 Å². The van der Waals surface area contributed by atoms with Crippen molar-refractivity contribution in [3.8, 4) is 11.1 Å². The molecule has 174 valence electrons. The zero-order chi connectivity index (χ0) is 24.3. The molecule has 2 amide bonds. The number of urea groups is 1. The number of carbonyl (C=O) groups is 1. The Balaban J connectivity index is 1.51. The van der Waals surface area contributed by atoms with Crippen LogP contribution in [0.4, 0.5) is 29.5 Å². The van der Waals surface area contributed by atoms with Gasteiger partial charge < -0.3 is 15.2 Å². The van der Waals surface area contributed by atoms with Crippen LogP contribution in [0.1, 0.15) is 17.4 Å². The normalized spacial score (nSPS) is 16.2. The van der Waals surface area contributed by atoms with Gasteiger partial charge in [-0.1, -0.05) is 6.07 Å². The van der Waals surface area contributed by atoms with Crippen LogP contribution >= 0.6 is 0 Å². The lowest BCUT2D eigenvalue weighted by Crippen LogP contribution is -2.29. The molecule has 1 saturated heterocycles. The second-order valence-corrected chi connectivity index (χ2v) is 8.37. The van der Waals surface area contributed by atoms with Crippen LogP contribution in [0.3, 0.4) is 0 Å². The van der Waals surface area contributed by atoms with Crippen molar-refractivity contribution in [1.29, 1.82) is 0 Å². The minimum Gasteiger partial charge on any atom is -0.383 e. The molecular weight excluding hydrogens is 445 g/mol. The van der Waals surface area contributed by atoms with Crippen molar-refractivity contribution >= 4 is 28.6 Å². The van der Waals surface area contributed by atoms with Crippen molar-refractivity contribution in [3.63, 3.8) is 0 Å². The van der Waals surface area contributed by atoms with Gasteiger partial charge >= 0.3 is 6.03 Å². The first-order valence-electron chi connectivity index (χ1n) is 10.5. The van der Waals surface area contributed by atoms with E-state index in [1.165, 1.54) is 21.9 Å². The van der Waals surface area contributed by atoms with Crippen molar-refractivity contribution in [2.75, 3.05) is 24.2 Å². The van der Waals surface area contributed by atoms with Gasteiger partial charge in [-0.3, -0.25) is 4.90 Å². The highest BCUT2D eigenvalue weighted by Crippen LogP contribution is 2.37. The number of rotatable bonds is 3. The van der Waals surface area contributed by atoms with Crippen LogP contribution in [0.2, 0.25) is 0 Å². The van der Waals surface area contributed by atoms with Crippen LogP contribution < -0.4 is 10.6 Å². The third-order valence-electron chi connectivity index (χ3n) is 6.19. The molecular formula is C24H21F3N6O. The van der Waals surface area contributed by atoms with E-state index in [2.05, 4.69) is 9.97 Å². The first kappa shape index (κ1) is 21.7. The van der Waals surface area contributed by atoms with Gasteiger partial charge in [0.25, 0.3) is 0 Å². The maximum absolute atomic E-state index is 15.3. The van der Waals surface area contributed by atoms with Crippen molar-refractivity contribution in [3.05, 3.63) is 71.4 Å². The summed E-state index contributed by atoms with van der Waals surface area (Å²) in [7, 11) is 3.36. The molecule has 3 heterocycles. The molecule has 7 nitrogen and oxygen atoms in total. The van der Waals surface area contributed by atoms with Gasteiger partial charge in [-0.15, -0.1) is 0 Å². The number of likely N-dealkylation sites (N-methyl/N-ethyl adjacent to an activating group) is 1. The third kappa shape index (κ3) is 3.33. The van der Waals surface area contributed by atoms with Crippen LogP contribution in [-0.4, -0.2) is 39.1 Å². The molecule has 2 aromatic carbocycles. The molecule has 1 unspecified atom stereocenters. The number of hydrogen-bond donors (Lipinski definition) is 1. The number of anilines is 2. The number of nitrogens with two attached hydrogens (primary N) is 1. The topological polar surface area (TPSA) is 80.3 Å². The molecule has 1 aliphatic rings. The van der Waals surface area contributed by atoms with Gasteiger partial charge in [-0.25, -0.2) is 27.9 Å². The number of amides is 2. The van der Waals surface area contributed by atoms with Crippen LogP contribution in [0.5, 0.6) is 0 Å². The Labute approximate surface area is 193 Å². The summed E-state index contributed by atoms with van der Waals surface area (Å²) >= 11 is 0. The summed E-state index contributed by atoms with van der Waals surface area (Å²) < 4.78 is 44.2. The maximum atomic E-state index is 15.3. The van der Waals surface area contributed by atoms with E-state index >= 15 is 4.39 Å². The molecule has 2 aromatic heterocycles. The van der Waals surface area contributed by atoms with E-state index in [0.29, 0.717) is 39.2 Å². The zero-order valence-electron chi connectivity index (χ0n) is 18.7. The number of nitrogen functional groups attached to an aromatic ring is 1. The Kier molecular flexibility index (Phi) is 4.96. The highest BCUT2D eigenvalue weighted by atomic mass is 19.2. The molecule has 1 fully saturated rings. The fraction of sp³-hybridized carbons (Fsp3) is 0.208. The smallest absolute Gasteiger partial charge is 0.324 e. The number of halogens is 3. The van der Waals surface area contributed by atoms with Crippen LogP contribution in [-0.2, 0) is 7.05 Å². The molecule has 5 rings (SSSR count). The van der Waals surface area contributed by atoms with Gasteiger partial charge in [0.05, 0.1) is 18.0 Å². The van der Waals surface area contributed by atoms with Crippen molar-refractivity contribution in [2.24, 2.45) is 7.05 Å². The van der Waals surface area contributed by atoms with Crippen molar-refractivity contribution in [1.82, 2.24) is 19.4 Å². The first-order valence-corrected chi connectivity index (χ1v) is 10.5. The summed E-state index contributed by atoms with van der Waals surface area (Å²) in [5.74, 6) is -1.72. The molecule has 1 atom stereocenters. The fourth-order valence-corrected chi connectivity index (χ4v) is 4.47. The van der Waals surface area contributed by atoms with Gasteiger partial charge in [0.2, 0.25) is 0 Å². The molecule has 10 heteroatoms. The molecule has 0 aliphatic carbocycles. The Hall–Kier alpha value is -4.08. The number of fused-ring (bicyclic) bond motifs is 1. The second kappa shape index (κ2) is 7.75. The summed E-state index contributed by atoms with van der Waals surface area (Å²) in [5.41, 5.74) is 8.36. The second-order valence-electron chi connectivity index (χ2n) is 8.37. The fourth-order valence-electron chi connectivity index (χ4n) is 4.47. The zero-order valence-corrected chi connectivity index (χ0v) is 18.7. The lowest BCUT2D eigenvalue weighted by molar-refractivity contribution is 0.219. The standard InChI is InChI=1S/C24H21F3N6O/c1-12-29-22(28)21-16(10-31(2)23(21)30-12)15-6-5-14(9-18(15)26)33-11-20(32(3)24(33)34)13-4-7-17(25)19(27)8-13/h4-10,20H,11H2,1-3H3,(H2,28,29,30). The molecule has 4 aromatic rings. The Bertz CT molecular complexity index is 1470. The maximum Gasteiger partial charge on any atom is 0.324 e. The van der Waals surface area contributed by atoms with Gasteiger partial charge in [-0.2, -0.15) is 0 Å². The van der Waals surface area contributed by atoms with Crippen LogP contribution in [0.15, 0.2) is 42.6 Å². The number of carbonyl (C=O) groups excluding carboxylic acids is 1. The van der Waals surface area contributed by atoms with E-state index < -0.39 is 23.5 Å². The summed E-state index contributed by atoms with van der Waals surface area (Å²) in [5, 5.41) is 0.551. The number of hydrogen-bond acceptors (Lipinski definition) is 4. The van der Waals surface area contributed by atoms with Gasteiger partial charge in [0, 0.05) is 37.1 Å². The lowest BCUT2D eigenvalue weighted by atomic mass is 10.0. The molecule has 1 aliphatic heterocycles. The molecule has 2 N–H and O–H groups in total. The lowest BCUT2D eigenvalue weighted by Gasteiger charge is -2.18. The Morgan fingerprint density at radius 2 is 1.74 bits per heavy atom. The third-order valence-corrected chi connectivity index (χ3v) is 6.19. The summed E-state index contributed by atoms with van der Waals surface area (Å²) in [4.78, 5) is 24.3. The van der Waals surface area contributed by atoms with Crippen LogP contribution in [0, 0.1) is 24.4 Å². The average Bonchev–Trinajstić information content (AvgIpc) is 3.27. The predicted octanol–water partition coefficient (Wildman–Crippen LogP) is 4.56. The van der Waals surface area contributed by atoms with Crippen LogP contribution in [0.25, 0.3) is 22.2 Å². The quantitative estimate of drug-likeness (QED) is 0.480. The molecule has 0 radical (unpaired) electrons. The summed E-state index contributed by atoms with van der Waals surface area (Å²) in [6.45, 7) is 1.89. The van der Waals surface area contributed by atoms with E-state index in [1.807, 2.05) is 0 Å². The number of aryl methyl sites for hydroxylation is 2. The molecule has 34 heavy (non-hydrogen) atoms. The Morgan fingerprint density at radius 3 is 2.44 bits per heavy atom. The minimum atomic E-state index is -0.985. The SMILES string of the molecule is Cc1nc(N)c2c(-c3ccc(N4CC(c5ccc(F)c(F)c5)N(C)C4=O)cc3F)cn(C)c2n1. The van der Waals surface area contributed by atoms with E-state index in [0.717, 1.165) is 12.1 Å². The Morgan fingerprint density at radius 1 is 0.971 bits per heavy atom.